The smallest absolute Gasteiger partial charge is 0.378 e. The summed E-state index contributed by atoms with van der Waals surface area (Å²) in [5.74, 6) is -2.19. The molecule has 1 saturated heterocycles. The zero-order chi connectivity index (χ0) is 25.5. The molecule has 1 aliphatic rings. The van der Waals surface area contributed by atoms with E-state index in [0.717, 1.165) is 12.3 Å². The summed E-state index contributed by atoms with van der Waals surface area (Å²) in [7, 11) is -3.29. The highest BCUT2D eigenvalue weighted by Crippen LogP contribution is 2.38. The average molecular weight is 515 g/mol. The molecule has 4 heterocycles. The number of alkyl halides is 3. The largest absolute Gasteiger partial charge is 0.433 e. The number of aryl methyl sites for hydroxylation is 1. The van der Waals surface area contributed by atoms with Crippen LogP contribution < -0.4 is 10.6 Å². The van der Waals surface area contributed by atoms with Crippen molar-refractivity contribution in [1.82, 2.24) is 14.4 Å². The maximum absolute atomic E-state index is 15.9. The van der Waals surface area contributed by atoms with Crippen molar-refractivity contribution in [3.05, 3.63) is 47.4 Å². The van der Waals surface area contributed by atoms with E-state index in [4.69, 9.17) is 10.5 Å². The van der Waals surface area contributed by atoms with Crippen LogP contribution in [-0.4, -0.2) is 67.0 Å². The molecule has 188 valence electrons. The Hall–Kier alpha value is -3.26. The lowest BCUT2D eigenvalue weighted by atomic mass is 10.0. The van der Waals surface area contributed by atoms with Crippen LogP contribution >= 0.6 is 0 Å². The van der Waals surface area contributed by atoms with Crippen LogP contribution in [0.5, 0.6) is 0 Å². The monoisotopic (exact) mass is 515 g/mol. The fourth-order valence-electron chi connectivity index (χ4n) is 3.86. The number of imidazole rings is 1. The number of carbonyl (C=O) groups excluding carboxylic acids is 1. The lowest BCUT2D eigenvalue weighted by Crippen LogP contribution is -2.37. The van der Waals surface area contributed by atoms with Crippen molar-refractivity contribution >= 4 is 27.1 Å². The van der Waals surface area contributed by atoms with E-state index in [2.05, 4.69) is 9.97 Å². The molecule has 0 radical (unpaired) electrons. The first-order valence-corrected chi connectivity index (χ1v) is 12.5. The summed E-state index contributed by atoms with van der Waals surface area (Å²) in [4.78, 5) is 21.4. The Morgan fingerprint density at radius 3 is 2.43 bits per heavy atom. The van der Waals surface area contributed by atoms with Crippen molar-refractivity contribution < 1.29 is 35.5 Å². The van der Waals surface area contributed by atoms with Crippen molar-refractivity contribution in [2.24, 2.45) is 5.73 Å². The molecule has 1 amide bonds. The Bertz CT molecular complexity index is 1400. The minimum absolute atomic E-state index is 0.00474. The standard InChI is InChI=1S/C21H21F4N5O4S/c1-35(32,33)9-4-12-10-30-11-14(13-2-3-15(21(23,24)25)28-17(13)19(26)31)18(16(22)20(30)27-12)29-5-7-34-8-6-29/h2-3,10-11H,4-9H2,1H3,(H2,26,31). The molecule has 0 atom stereocenters. The Morgan fingerprint density at radius 1 is 1.14 bits per heavy atom. The number of nitrogens with two attached hydrogens (primary N) is 1. The van der Waals surface area contributed by atoms with Crippen molar-refractivity contribution in [2.75, 3.05) is 43.2 Å². The third kappa shape index (κ3) is 5.22. The molecular weight excluding hydrogens is 494 g/mol. The number of morpholine rings is 1. The molecule has 3 aromatic rings. The average Bonchev–Trinajstić information content (AvgIpc) is 3.20. The summed E-state index contributed by atoms with van der Waals surface area (Å²) in [5.41, 5.74) is 3.59. The van der Waals surface area contributed by atoms with E-state index < -0.39 is 39.1 Å². The van der Waals surface area contributed by atoms with Crippen LogP contribution in [0.15, 0.2) is 24.5 Å². The summed E-state index contributed by atoms with van der Waals surface area (Å²) < 4.78 is 85.2. The first kappa shape index (κ1) is 24.9. The van der Waals surface area contributed by atoms with Gasteiger partial charge in [0.2, 0.25) is 0 Å². The van der Waals surface area contributed by atoms with Gasteiger partial charge in [-0.05, 0) is 12.1 Å². The number of pyridine rings is 2. The topological polar surface area (TPSA) is 120 Å². The molecule has 0 spiro atoms. The number of hydrogen-bond acceptors (Lipinski definition) is 7. The lowest BCUT2D eigenvalue weighted by Gasteiger charge is -2.31. The summed E-state index contributed by atoms with van der Waals surface area (Å²) in [5, 5.41) is 0. The number of primary amides is 1. The molecule has 0 saturated carbocycles. The normalized spacial score (nSPS) is 15.1. The Morgan fingerprint density at radius 2 is 1.83 bits per heavy atom. The van der Waals surface area contributed by atoms with E-state index in [1.807, 2.05) is 0 Å². The number of halogens is 4. The number of sulfone groups is 1. The molecule has 1 aliphatic heterocycles. The van der Waals surface area contributed by atoms with E-state index in [0.29, 0.717) is 11.8 Å². The first-order chi connectivity index (χ1) is 16.3. The van der Waals surface area contributed by atoms with Gasteiger partial charge < -0.3 is 19.8 Å². The zero-order valence-electron chi connectivity index (χ0n) is 18.5. The number of ether oxygens (including phenoxy) is 1. The van der Waals surface area contributed by atoms with Gasteiger partial charge in [0.15, 0.2) is 11.5 Å². The van der Waals surface area contributed by atoms with Crippen LogP contribution in [-0.2, 0) is 27.2 Å². The second-order valence-corrected chi connectivity index (χ2v) is 10.4. The van der Waals surface area contributed by atoms with Gasteiger partial charge in [0.1, 0.15) is 21.2 Å². The number of rotatable bonds is 6. The van der Waals surface area contributed by atoms with Gasteiger partial charge in [0.05, 0.1) is 30.3 Å². The van der Waals surface area contributed by atoms with Crippen LogP contribution in [0.25, 0.3) is 16.8 Å². The van der Waals surface area contributed by atoms with Crippen LogP contribution in [0.4, 0.5) is 23.2 Å². The molecule has 0 aromatic carbocycles. The predicted molar refractivity (Wildman–Crippen MR) is 118 cm³/mol. The van der Waals surface area contributed by atoms with Crippen molar-refractivity contribution in [2.45, 2.75) is 12.6 Å². The van der Waals surface area contributed by atoms with Crippen molar-refractivity contribution in [3.63, 3.8) is 0 Å². The number of amides is 1. The number of fused-ring (bicyclic) bond motifs is 1. The van der Waals surface area contributed by atoms with Gasteiger partial charge in [0, 0.05) is 49.3 Å². The summed E-state index contributed by atoms with van der Waals surface area (Å²) in [6, 6.07) is 1.72. The summed E-state index contributed by atoms with van der Waals surface area (Å²) in [6.45, 7) is 1.13. The molecule has 2 N–H and O–H groups in total. The SMILES string of the molecule is CS(=O)(=O)CCc1cn2cc(-c3ccc(C(F)(F)F)nc3C(N)=O)c(N3CCOCC3)c(F)c2n1. The fraction of sp³-hybridized carbons (Fsp3) is 0.381. The highest BCUT2D eigenvalue weighted by molar-refractivity contribution is 7.90. The van der Waals surface area contributed by atoms with Gasteiger partial charge in [-0.3, -0.25) is 4.79 Å². The van der Waals surface area contributed by atoms with Gasteiger partial charge in [-0.1, -0.05) is 0 Å². The second kappa shape index (κ2) is 9.07. The first-order valence-electron chi connectivity index (χ1n) is 10.4. The fourth-order valence-corrected chi connectivity index (χ4v) is 4.44. The Kier molecular flexibility index (Phi) is 6.44. The van der Waals surface area contributed by atoms with Gasteiger partial charge in [-0.15, -0.1) is 0 Å². The molecular formula is C21H21F4N5O4S. The van der Waals surface area contributed by atoms with E-state index in [1.54, 1.807) is 4.90 Å². The van der Waals surface area contributed by atoms with E-state index >= 15 is 4.39 Å². The molecule has 35 heavy (non-hydrogen) atoms. The third-order valence-corrected chi connectivity index (χ3v) is 6.42. The number of anilines is 1. The van der Waals surface area contributed by atoms with Crippen LogP contribution in [0, 0.1) is 5.82 Å². The van der Waals surface area contributed by atoms with Crippen LogP contribution in [0.1, 0.15) is 21.9 Å². The van der Waals surface area contributed by atoms with E-state index in [-0.39, 0.29) is 60.9 Å². The predicted octanol–water partition coefficient (Wildman–Crippen LogP) is 2.08. The number of aromatic nitrogens is 3. The molecule has 0 aliphatic carbocycles. The molecule has 0 unspecified atom stereocenters. The number of hydrogen-bond donors (Lipinski definition) is 1. The van der Waals surface area contributed by atoms with Gasteiger partial charge >= 0.3 is 6.18 Å². The quantitative estimate of drug-likeness (QED) is 0.499. The molecule has 9 nitrogen and oxygen atoms in total. The highest BCUT2D eigenvalue weighted by atomic mass is 32.2. The van der Waals surface area contributed by atoms with Gasteiger partial charge in [-0.2, -0.15) is 13.2 Å². The third-order valence-electron chi connectivity index (χ3n) is 5.48. The Balaban J connectivity index is 1.94. The maximum atomic E-state index is 15.9. The summed E-state index contributed by atoms with van der Waals surface area (Å²) in [6.07, 6.45) is -0.865. The number of carbonyl (C=O) groups is 1. The lowest BCUT2D eigenvalue weighted by molar-refractivity contribution is -0.141. The Labute approximate surface area is 197 Å². The highest BCUT2D eigenvalue weighted by Gasteiger charge is 2.34. The molecule has 4 rings (SSSR count). The molecule has 3 aromatic heterocycles. The molecule has 14 heteroatoms. The number of nitrogens with zero attached hydrogens (tertiary/aromatic N) is 4. The van der Waals surface area contributed by atoms with Gasteiger partial charge in [-0.25, -0.2) is 22.8 Å². The van der Waals surface area contributed by atoms with E-state index in [1.165, 1.54) is 16.8 Å². The minimum Gasteiger partial charge on any atom is -0.378 e. The van der Waals surface area contributed by atoms with E-state index in [9.17, 15) is 26.4 Å². The van der Waals surface area contributed by atoms with Crippen LogP contribution in [0.2, 0.25) is 0 Å². The van der Waals surface area contributed by atoms with Gasteiger partial charge in [0.25, 0.3) is 5.91 Å². The van der Waals surface area contributed by atoms with Crippen LogP contribution in [0.3, 0.4) is 0 Å². The maximum Gasteiger partial charge on any atom is 0.433 e. The molecule has 1 fully saturated rings. The second-order valence-electron chi connectivity index (χ2n) is 8.10. The minimum atomic E-state index is -4.82. The zero-order valence-corrected chi connectivity index (χ0v) is 19.3. The van der Waals surface area contributed by atoms with Crippen molar-refractivity contribution in [3.8, 4) is 11.1 Å². The summed E-state index contributed by atoms with van der Waals surface area (Å²) >= 11 is 0. The molecule has 0 bridgehead atoms. The van der Waals surface area contributed by atoms with Crippen molar-refractivity contribution in [1.29, 1.82) is 0 Å².